The molecule has 0 bridgehead atoms. The van der Waals surface area contributed by atoms with E-state index in [1.165, 1.54) is 23.3 Å². The predicted molar refractivity (Wildman–Crippen MR) is 102 cm³/mol. The van der Waals surface area contributed by atoms with E-state index in [2.05, 4.69) is 40.2 Å². The van der Waals surface area contributed by atoms with Gasteiger partial charge in [0, 0.05) is 43.6 Å². The van der Waals surface area contributed by atoms with Crippen LogP contribution in [0.15, 0.2) is 11.4 Å². The number of carboxylic acids is 1. The van der Waals surface area contributed by atoms with Gasteiger partial charge in [0.25, 0.3) is 0 Å². The number of likely N-dealkylation sites (tertiary alicyclic amines) is 2. The molecular weight excluding hydrogens is 334 g/mol. The SMILES string of the molecule is CN(C)Cc1csc(CN2CCC(N3CCC[C@@H](C(=O)O)C3)CC2)c1. The first kappa shape index (κ1) is 18.8. The molecule has 0 aliphatic carbocycles. The molecule has 1 N–H and O–H groups in total. The van der Waals surface area contributed by atoms with E-state index >= 15 is 0 Å². The van der Waals surface area contributed by atoms with E-state index in [4.69, 9.17) is 0 Å². The van der Waals surface area contributed by atoms with Gasteiger partial charge in [-0.2, -0.15) is 0 Å². The molecule has 6 heteroatoms. The van der Waals surface area contributed by atoms with Crippen LogP contribution in [0.25, 0.3) is 0 Å². The molecule has 3 heterocycles. The van der Waals surface area contributed by atoms with E-state index in [-0.39, 0.29) is 5.92 Å². The Balaban J connectivity index is 1.45. The van der Waals surface area contributed by atoms with Crippen molar-refractivity contribution < 1.29 is 9.90 Å². The molecule has 0 saturated carbocycles. The second-order valence-corrected chi connectivity index (χ2v) is 8.83. The summed E-state index contributed by atoms with van der Waals surface area (Å²) in [5, 5.41) is 11.6. The monoisotopic (exact) mass is 365 g/mol. The smallest absolute Gasteiger partial charge is 0.307 e. The van der Waals surface area contributed by atoms with Crippen LogP contribution in [0.4, 0.5) is 0 Å². The maximum absolute atomic E-state index is 11.3. The number of aliphatic carboxylic acids is 1. The van der Waals surface area contributed by atoms with Crippen molar-refractivity contribution in [1.82, 2.24) is 14.7 Å². The van der Waals surface area contributed by atoms with Gasteiger partial charge in [0.2, 0.25) is 0 Å². The molecule has 2 fully saturated rings. The first-order chi connectivity index (χ1) is 12.0. The van der Waals surface area contributed by atoms with Crippen LogP contribution in [0.1, 0.15) is 36.1 Å². The van der Waals surface area contributed by atoms with Crippen molar-refractivity contribution in [3.63, 3.8) is 0 Å². The van der Waals surface area contributed by atoms with Crippen molar-refractivity contribution in [3.05, 3.63) is 21.9 Å². The van der Waals surface area contributed by atoms with Crippen molar-refractivity contribution in [3.8, 4) is 0 Å². The summed E-state index contributed by atoms with van der Waals surface area (Å²) < 4.78 is 0. The van der Waals surface area contributed by atoms with Crippen LogP contribution in [-0.2, 0) is 17.9 Å². The molecule has 1 aromatic heterocycles. The van der Waals surface area contributed by atoms with E-state index < -0.39 is 5.97 Å². The van der Waals surface area contributed by atoms with Crippen LogP contribution in [-0.4, -0.2) is 72.1 Å². The standard InChI is InChI=1S/C19H31N3O2S/c1-20(2)11-15-10-18(25-14-15)13-21-8-5-17(6-9-21)22-7-3-4-16(12-22)19(23)24/h10,14,16-17H,3-9,11-13H2,1-2H3,(H,23,24)/t16-/m1/s1. The lowest BCUT2D eigenvalue weighted by atomic mass is 9.94. The Labute approximate surface area is 155 Å². The van der Waals surface area contributed by atoms with Gasteiger partial charge in [0.05, 0.1) is 5.92 Å². The summed E-state index contributed by atoms with van der Waals surface area (Å²) in [7, 11) is 4.22. The van der Waals surface area contributed by atoms with E-state index in [0.717, 1.165) is 52.1 Å². The van der Waals surface area contributed by atoms with Gasteiger partial charge in [-0.15, -0.1) is 11.3 Å². The summed E-state index contributed by atoms with van der Waals surface area (Å²) in [4.78, 5) is 19.9. The molecule has 3 rings (SSSR count). The third-order valence-electron chi connectivity index (χ3n) is 5.46. The van der Waals surface area contributed by atoms with Crippen LogP contribution >= 0.6 is 11.3 Å². The number of piperidine rings is 2. The molecule has 0 spiro atoms. The summed E-state index contributed by atoms with van der Waals surface area (Å²) in [5.74, 6) is -0.777. The normalized spacial score (nSPS) is 24.0. The summed E-state index contributed by atoms with van der Waals surface area (Å²) in [6, 6.07) is 2.92. The maximum atomic E-state index is 11.3. The molecule has 5 nitrogen and oxygen atoms in total. The fraction of sp³-hybridized carbons (Fsp3) is 0.737. The average molecular weight is 366 g/mol. The molecule has 0 radical (unpaired) electrons. The second-order valence-electron chi connectivity index (χ2n) is 7.84. The number of hydrogen-bond acceptors (Lipinski definition) is 5. The zero-order chi connectivity index (χ0) is 17.8. The highest BCUT2D eigenvalue weighted by molar-refractivity contribution is 7.10. The number of thiophene rings is 1. The minimum absolute atomic E-state index is 0.159. The lowest BCUT2D eigenvalue weighted by Gasteiger charge is -2.41. The Kier molecular flexibility index (Phi) is 6.49. The van der Waals surface area contributed by atoms with Gasteiger partial charge in [-0.25, -0.2) is 0 Å². The van der Waals surface area contributed by atoms with Crippen LogP contribution in [0, 0.1) is 5.92 Å². The quantitative estimate of drug-likeness (QED) is 0.840. The summed E-state index contributed by atoms with van der Waals surface area (Å²) in [5.41, 5.74) is 1.41. The molecule has 1 atom stereocenters. The fourth-order valence-electron chi connectivity index (χ4n) is 4.16. The minimum atomic E-state index is -0.617. The maximum Gasteiger partial charge on any atom is 0.307 e. The van der Waals surface area contributed by atoms with Crippen molar-refractivity contribution in [2.24, 2.45) is 5.92 Å². The topological polar surface area (TPSA) is 47.0 Å². The van der Waals surface area contributed by atoms with Gasteiger partial charge in [-0.05, 0) is 63.3 Å². The summed E-state index contributed by atoms with van der Waals surface area (Å²) in [6.45, 7) is 6.15. The average Bonchev–Trinajstić information content (AvgIpc) is 3.02. The highest BCUT2D eigenvalue weighted by Gasteiger charge is 2.31. The number of rotatable bonds is 6. The van der Waals surface area contributed by atoms with Crippen molar-refractivity contribution in [2.45, 2.75) is 44.8 Å². The number of nitrogens with zero attached hydrogens (tertiary/aromatic N) is 3. The third-order valence-corrected chi connectivity index (χ3v) is 6.43. The molecule has 25 heavy (non-hydrogen) atoms. The molecule has 0 aromatic carbocycles. The van der Waals surface area contributed by atoms with Crippen LogP contribution < -0.4 is 0 Å². The van der Waals surface area contributed by atoms with Gasteiger partial charge >= 0.3 is 5.97 Å². The molecule has 140 valence electrons. The molecule has 2 aliphatic heterocycles. The first-order valence-electron chi connectivity index (χ1n) is 9.41. The van der Waals surface area contributed by atoms with Gasteiger partial charge in [-0.1, -0.05) is 0 Å². The summed E-state index contributed by atoms with van der Waals surface area (Å²) in [6.07, 6.45) is 4.21. The second kappa shape index (κ2) is 8.62. The number of carbonyl (C=O) groups is 1. The van der Waals surface area contributed by atoms with Crippen LogP contribution in [0.2, 0.25) is 0 Å². The third kappa shape index (κ3) is 5.26. The molecule has 0 amide bonds. The van der Waals surface area contributed by atoms with Crippen LogP contribution in [0.5, 0.6) is 0 Å². The largest absolute Gasteiger partial charge is 0.481 e. The highest BCUT2D eigenvalue weighted by atomic mass is 32.1. The Bertz CT molecular complexity index is 567. The van der Waals surface area contributed by atoms with Crippen molar-refractivity contribution in [1.29, 1.82) is 0 Å². The van der Waals surface area contributed by atoms with Gasteiger partial charge in [-0.3, -0.25) is 14.6 Å². The molecule has 1 aromatic rings. The molecule has 2 aliphatic rings. The lowest BCUT2D eigenvalue weighted by molar-refractivity contribution is -0.144. The van der Waals surface area contributed by atoms with Crippen molar-refractivity contribution >= 4 is 17.3 Å². The first-order valence-corrected chi connectivity index (χ1v) is 10.3. The minimum Gasteiger partial charge on any atom is -0.481 e. The Hall–Kier alpha value is -0.950. The van der Waals surface area contributed by atoms with E-state index in [1.54, 1.807) is 0 Å². The zero-order valence-corrected chi connectivity index (χ0v) is 16.3. The number of carboxylic acid groups (broad SMARTS) is 1. The fourth-order valence-corrected chi connectivity index (χ4v) is 5.08. The zero-order valence-electron chi connectivity index (χ0n) is 15.5. The van der Waals surface area contributed by atoms with Gasteiger partial charge in [0.15, 0.2) is 0 Å². The molecule has 2 saturated heterocycles. The van der Waals surface area contributed by atoms with Crippen molar-refractivity contribution in [2.75, 3.05) is 40.3 Å². The van der Waals surface area contributed by atoms with Crippen LogP contribution in [0.3, 0.4) is 0 Å². The molecule has 0 unspecified atom stereocenters. The Morgan fingerprint density at radius 2 is 2.04 bits per heavy atom. The highest BCUT2D eigenvalue weighted by Crippen LogP contribution is 2.25. The lowest BCUT2D eigenvalue weighted by Crippen LogP contribution is -2.49. The van der Waals surface area contributed by atoms with Gasteiger partial charge in [0.1, 0.15) is 0 Å². The van der Waals surface area contributed by atoms with E-state index in [1.807, 2.05) is 11.3 Å². The molecular formula is C19H31N3O2S. The Morgan fingerprint density at radius 3 is 2.72 bits per heavy atom. The summed E-state index contributed by atoms with van der Waals surface area (Å²) >= 11 is 1.87. The number of hydrogen-bond donors (Lipinski definition) is 1. The van der Waals surface area contributed by atoms with E-state index in [0.29, 0.717) is 6.04 Å². The van der Waals surface area contributed by atoms with Gasteiger partial charge < -0.3 is 10.0 Å². The predicted octanol–water partition coefficient (Wildman–Crippen LogP) is 2.57. The Morgan fingerprint density at radius 1 is 1.28 bits per heavy atom. The van der Waals surface area contributed by atoms with E-state index in [9.17, 15) is 9.90 Å².